The van der Waals surface area contributed by atoms with Crippen molar-refractivity contribution in [2.45, 2.75) is 81.2 Å². The van der Waals surface area contributed by atoms with E-state index >= 15 is 0 Å². The topological polar surface area (TPSA) is 217 Å². The third-order valence-corrected chi connectivity index (χ3v) is 10.1. The third kappa shape index (κ3) is 7.38. The molecule has 264 valence electrons. The number of rotatable bonds is 10. The van der Waals surface area contributed by atoms with Gasteiger partial charge in [0.15, 0.2) is 0 Å². The van der Waals surface area contributed by atoms with Crippen molar-refractivity contribution in [3.05, 3.63) is 111 Å². The van der Waals surface area contributed by atoms with Crippen molar-refractivity contribution in [3.8, 4) is 0 Å². The largest absolute Gasteiger partial charge is 0.480 e. The standard InChI is InChI=1S/C14H15N3O4.C14H16N2O2.C11H11N/c15-10(14(18)19)5-8-6-16-13-11(17(20)21)4-3-9(12(8)13)7-1-2-7;15-11(14(17)18)6-9-7-16-12-3-1-2-10(13(9)12)8-4-5-8;1-2-9(8-4-5-8)10-6-7-12-11(10)3-1/h3-4,6-7,10,16H,1-2,5,15H2,(H,18,19);1-3,7-8,11,16H,4-6,15H2,(H,17,18);1-3,6-8,12H,4-5H2/t10-;11-;/m00./s1. The van der Waals surface area contributed by atoms with Crippen molar-refractivity contribution in [1.82, 2.24) is 15.0 Å². The molecule has 3 aliphatic carbocycles. The smallest absolute Gasteiger partial charge is 0.320 e. The molecule has 2 atom stereocenters. The number of benzene rings is 3. The minimum atomic E-state index is -1.08. The molecule has 3 saturated carbocycles. The second-order valence-corrected chi connectivity index (χ2v) is 14.0. The molecule has 9 N–H and O–H groups in total. The van der Waals surface area contributed by atoms with Gasteiger partial charge < -0.3 is 36.6 Å². The number of nitrogens with two attached hydrogens (primary N) is 2. The number of nitrogens with one attached hydrogen (secondary N) is 3. The molecule has 3 heterocycles. The Morgan fingerprint density at radius 3 is 1.82 bits per heavy atom. The molecule has 3 fully saturated rings. The highest BCUT2D eigenvalue weighted by molar-refractivity contribution is 5.94. The van der Waals surface area contributed by atoms with E-state index in [1.54, 1.807) is 12.3 Å². The van der Waals surface area contributed by atoms with Crippen molar-refractivity contribution in [1.29, 1.82) is 0 Å². The van der Waals surface area contributed by atoms with E-state index in [0.717, 1.165) is 46.4 Å². The van der Waals surface area contributed by atoms with Crippen LogP contribution in [0.5, 0.6) is 0 Å². The SMILES string of the molecule is N[C@@H](Cc1c[nH]c2c([N+](=O)[O-])ccc(C3CC3)c12)C(=O)O.N[C@@H](Cc1c[nH]c2cccc(C3CC3)c12)C(=O)O.c1cc(C2CC2)c2cc[nH]c2c1. The summed E-state index contributed by atoms with van der Waals surface area (Å²) in [7, 11) is 0. The summed E-state index contributed by atoms with van der Waals surface area (Å²) in [6.07, 6.45) is 13.4. The van der Waals surface area contributed by atoms with Crippen LogP contribution in [0.25, 0.3) is 32.7 Å². The van der Waals surface area contributed by atoms with Gasteiger partial charge >= 0.3 is 11.9 Å². The van der Waals surface area contributed by atoms with E-state index in [2.05, 4.69) is 45.3 Å². The fourth-order valence-corrected chi connectivity index (χ4v) is 7.07. The zero-order valence-corrected chi connectivity index (χ0v) is 28.1. The number of non-ortho nitro benzene ring substituents is 1. The molecule has 0 aliphatic heterocycles. The van der Waals surface area contributed by atoms with Crippen LogP contribution in [0.3, 0.4) is 0 Å². The van der Waals surface area contributed by atoms with E-state index in [1.165, 1.54) is 59.2 Å². The first-order valence-electron chi connectivity index (χ1n) is 17.5. The molecule has 3 aliphatic rings. The normalized spacial score (nSPS) is 16.6. The zero-order chi connectivity index (χ0) is 35.8. The molecular weight excluding hydrogens is 648 g/mol. The molecule has 0 spiro atoms. The predicted molar refractivity (Wildman–Crippen MR) is 196 cm³/mol. The van der Waals surface area contributed by atoms with Crippen molar-refractivity contribution >= 4 is 50.3 Å². The fourth-order valence-electron chi connectivity index (χ4n) is 7.07. The summed E-state index contributed by atoms with van der Waals surface area (Å²) < 4.78 is 0. The van der Waals surface area contributed by atoms with Crippen LogP contribution in [-0.2, 0) is 22.4 Å². The molecule has 6 aromatic rings. The van der Waals surface area contributed by atoms with Gasteiger partial charge in [-0.2, -0.15) is 0 Å². The van der Waals surface area contributed by atoms with Crippen LogP contribution in [0.4, 0.5) is 5.69 Å². The van der Waals surface area contributed by atoms with Crippen molar-refractivity contribution in [2.75, 3.05) is 0 Å². The number of hydrogen-bond acceptors (Lipinski definition) is 6. The lowest BCUT2D eigenvalue weighted by molar-refractivity contribution is -0.383. The van der Waals surface area contributed by atoms with Gasteiger partial charge in [0.25, 0.3) is 5.69 Å². The Morgan fingerprint density at radius 1 is 0.706 bits per heavy atom. The Bertz CT molecular complexity index is 2240. The van der Waals surface area contributed by atoms with E-state index in [9.17, 15) is 19.7 Å². The first-order valence-corrected chi connectivity index (χ1v) is 17.5. The molecule has 3 aromatic heterocycles. The third-order valence-electron chi connectivity index (χ3n) is 10.1. The first-order chi connectivity index (χ1) is 24.6. The first kappa shape index (κ1) is 34.0. The van der Waals surface area contributed by atoms with Crippen LogP contribution in [-0.4, -0.2) is 54.1 Å². The Labute approximate surface area is 293 Å². The molecule has 0 amide bonds. The number of aliphatic carboxylic acids is 2. The summed E-state index contributed by atoms with van der Waals surface area (Å²) in [6.45, 7) is 0. The maximum atomic E-state index is 11.1. The maximum Gasteiger partial charge on any atom is 0.320 e. The van der Waals surface area contributed by atoms with E-state index < -0.39 is 28.9 Å². The highest BCUT2D eigenvalue weighted by atomic mass is 16.6. The van der Waals surface area contributed by atoms with E-state index in [-0.39, 0.29) is 12.1 Å². The van der Waals surface area contributed by atoms with Gasteiger partial charge in [0.1, 0.15) is 17.6 Å². The van der Waals surface area contributed by atoms with Gasteiger partial charge in [0, 0.05) is 64.7 Å². The van der Waals surface area contributed by atoms with Crippen LogP contribution >= 0.6 is 0 Å². The number of hydrogen-bond donors (Lipinski definition) is 7. The molecular formula is C39H42N6O6. The number of fused-ring (bicyclic) bond motifs is 3. The summed E-state index contributed by atoms with van der Waals surface area (Å²) in [5.74, 6) is -0.131. The average molecular weight is 691 g/mol. The van der Waals surface area contributed by atoms with Crippen molar-refractivity contribution < 1.29 is 24.7 Å². The molecule has 12 heteroatoms. The van der Waals surface area contributed by atoms with Gasteiger partial charge in [-0.05, 0) is 102 Å². The van der Waals surface area contributed by atoms with E-state index in [4.69, 9.17) is 21.7 Å². The minimum absolute atomic E-state index is 0.00421. The summed E-state index contributed by atoms with van der Waals surface area (Å²) >= 11 is 0. The Kier molecular flexibility index (Phi) is 9.37. The van der Waals surface area contributed by atoms with Gasteiger partial charge in [0.2, 0.25) is 0 Å². The second-order valence-electron chi connectivity index (χ2n) is 14.0. The number of carbonyl (C=O) groups is 2. The highest BCUT2D eigenvalue weighted by Crippen LogP contribution is 2.46. The van der Waals surface area contributed by atoms with Crippen LogP contribution < -0.4 is 11.5 Å². The number of aromatic nitrogens is 3. The van der Waals surface area contributed by atoms with Crippen LogP contribution in [0.1, 0.15) is 84.1 Å². The Morgan fingerprint density at radius 2 is 1.24 bits per heavy atom. The van der Waals surface area contributed by atoms with Crippen molar-refractivity contribution in [3.63, 3.8) is 0 Å². The van der Waals surface area contributed by atoms with Gasteiger partial charge in [-0.3, -0.25) is 19.7 Å². The number of H-pyrrole nitrogens is 3. The molecule has 0 unspecified atom stereocenters. The Hall–Kier alpha value is -5.46. The summed E-state index contributed by atoms with van der Waals surface area (Å²) in [5, 5.41) is 32.3. The molecule has 0 saturated heterocycles. The highest BCUT2D eigenvalue weighted by Gasteiger charge is 2.30. The quantitative estimate of drug-likeness (QED) is 0.0588. The van der Waals surface area contributed by atoms with E-state index in [0.29, 0.717) is 23.8 Å². The fraction of sp³-hybridized carbons (Fsp3) is 0.333. The lowest BCUT2D eigenvalue weighted by atomic mass is 9.98. The Balaban J connectivity index is 0.000000123. The minimum Gasteiger partial charge on any atom is -0.480 e. The summed E-state index contributed by atoms with van der Waals surface area (Å²) in [5.41, 5.74) is 19.7. The number of nitro benzene ring substituents is 1. The number of carboxylic acid groups (broad SMARTS) is 2. The van der Waals surface area contributed by atoms with Gasteiger partial charge in [-0.1, -0.05) is 30.3 Å². The van der Waals surface area contributed by atoms with E-state index in [1.807, 2.05) is 24.5 Å². The molecule has 3 aromatic carbocycles. The van der Waals surface area contributed by atoms with Crippen LogP contribution in [0.2, 0.25) is 0 Å². The lowest BCUT2D eigenvalue weighted by Crippen LogP contribution is -2.32. The number of nitro groups is 1. The zero-order valence-electron chi connectivity index (χ0n) is 28.1. The average Bonchev–Trinajstić information content (AvgIpc) is 4.06. The lowest BCUT2D eigenvalue weighted by Gasteiger charge is -2.08. The number of nitrogens with zero attached hydrogens (tertiary/aromatic N) is 1. The summed E-state index contributed by atoms with van der Waals surface area (Å²) in [4.78, 5) is 41.8. The summed E-state index contributed by atoms with van der Waals surface area (Å²) in [6, 6.07) is 16.4. The predicted octanol–water partition coefficient (Wildman–Crippen LogP) is 6.95. The molecule has 9 rings (SSSR count). The van der Waals surface area contributed by atoms with Crippen molar-refractivity contribution in [2.24, 2.45) is 11.5 Å². The monoisotopic (exact) mass is 690 g/mol. The van der Waals surface area contributed by atoms with Gasteiger partial charge in [0.05, 0.1) is 4.92 Å². The number of aromatic amines is 3. The molecule has 51 heavy (non-hydrogen) atoms. The van der Waals surface area contributed by atoms with Crippen LogP contribution in [0, 0.1) is 10.1 Å². The van der Waals surface area contributed by atoms with Gasteiger partial charge in [-0.15, -0.1) is 0 Å². The molecule has 12 nitrogen and oxygen atoms in total. The second kappa shape index (κ2) is 14.0. The molecule has 0 radical (unpaired) electrons. The van der Waals surface area contributed by atoms with Gasteiger partial charge in [-0.25, -0.2) is 0 Å². The number of carboxylic acids is 2. The van der Waals surface area contributed by atoms with Crippen LogP contribution in [0.15, 0.2) is 73.2 Å². The molecule has 0 bridgehead atoms. The maximum absolute atomic E-state index is 11.1.